The van der Waals surface area contributed by atoms with Crippen LogP contribution in [-0.2, 0) is 0 Å². The maximum atomic E-state index is 13.5. The van der Waals surface area contributed by atoms with Crippen LogP contribution in [0.3, 0.4) is 0 Å². The van der Waals surface area contributed by atoms with E-state index in [4.69, 9.17) is 5.73 Å². The van der Waals surface area contributed by atoms with Gasteiger partial charge in [0.15, 0.2) is 0 Å². The first-order valence-electron chi connectivity index (χ1n) is 5.45. The van der Waals surface area contributed by atoms with Crippen LogP contribution in [0, 0.1) is 22.1 Å². The molecule has 1 nitrogen and oxygen atoms in total. The average molecular weight is 359 g/mol. The van der Waals surface area contributed by atoms with Crippen LogP contribution >= 0.6 is 22.6 Å². The van der Waals surface area contributed by atoms with Crippen LogP contribution < -0.4 is 5.73 Å². The van der Waals surface area contributed by atoms with Crippen molar-refractivity contribution in [1.29, 1.82) is 0 Å². The van der Waals surface area contributed by atoms with Gasteiger partial charge in [-0.05, 0) is 64.4 Å². The van der Waals surface area contributed by atoms with Crippen molar-refractivity contribution in [3.63, 3.8) is 0 Å². The summed E-state index contributed by atoms with van der Waals surface area (Å²) in [5.74, 6) is -0.578. The van der Waals surface area contributed by atoms with Crippen molar-refractivity contribution < 1.29 is 8.78 Å². The molecule has 0 saturated heterocycles. The lowest BCUT2D eigenvalue weighted by Gasteiger charge is -2.15. The molecule has 0 aliphatic rings. The van der Waals surface area contributed by atoms with Crippen molar-refractivity contribution in [2.24, 2.45) is 5.73 Å². The fraction of sp³-hybridized carbons (Fsp3) is 0.143. The quantitative estimate of drug-likeness (QED) is 0.808. The van der Waals surface area contributed by atoms with E-state index in [0.29, 0.717) is 11.1 Å². The first-order chi connectivity index (χ1) is 8.49. The molecule has 2 aromatic rings. The normalized spacial score (nSPS) is 12.5. The summed E-state index contributed by atoms with van der Waals surface area (Å²) in [6.07, 6.45) is 0. The zero-order valence-electron chi connectivity index (χ0n) is 9.75. The van der Waals surface area contributed by atoms with Gasteiger partial charge in [0.25, 0.3) is 0 Å². The summed E-state index contributed by atoms with van der Waals surface area (Å²) in [6, 6.07) is 8.89. The van der Waals surface area contributed by atoms with Crippen molar-refractivity contribution in [1.82, 2.24) is 0 Å². The fourth-order valence-corrected chi connectivity index (χ4v) is 2.55. The Morgan fingerprint density at radius 3 is 2.44 bits per heavy atom. The summed E-state index contributed by atoms with van der Waals surface area (Å²) in [4.78, 5) is 0. The minimum atomic E-state index is -0.451. The molecule has 0 radical (unpaired) electrons. The summed E-state index contributed by atoms with van der Waals surface area (Å²) in [5.41, 5.74) is 8.15. The predicted molar refractivity (Wildman–Crippen MR) is 76.3 cm³/mol. The highest BCUT2D eigenvalue weighted by molar-refractivity contribution is 14.1. The molecule has 0 aliphatic carbocycles. The zero-order valence-corrected chi connectivity index (χ0v) is 11.9. The van der Waals surface area contributed by atoms with Gasteiger partial charge in [0, 0.05) is 3.57 Å². The first kappa shape index (κ1) is 13.4. The van der Waals surface area contributed by atoms with Gasteiger partial charge in [0.2, 0.25) is 0 Å². The smallest absolute Gasteiger partial charge is 0.126 e. The highest BCUT2D eigenvalue weighted by atomic mass is 127. The number of hydrogen-bond donors (Lipinski definition) is 1. The van der Waals surface area contributed by atoms with Gasteiger partial charge in [-0.2, -0.15) is 0 Å². The molecule has 1 unspecified atom stereocenters. The van der Waals surface area contributed by atoms with E-state index in [9.17, 15) is 8.78 Å². The van der Waals surface area contributed by atoms with Gasteiger partial charge >= 0.3 is 0 Å². The topological polar surface area (TPSA) is 26.0 Å². The second-order valence-corrected chi connectivity index (χ2v) is 5.31. The monoisotopic (exact) mass is 359 g/mol. The van der Waals surface area contributed by atoms with Crippen LogP contribution in [0.25, 0.3) is 0 Å². The van der Waals surface area contributed by atoms with E-state index in [0.717, 1.165) is 9.13 Å². The molecule has 2 N–H and O–H groups in total. The lowest BCUT2D eigenvalue weighted by molar-refractivity contribution is 0.613. The fourth-order valence-electron chi connectivity index (χ4n) is 1.74. The molecule has 0 bridgehead atoms. The Bertz CT molecular complexity index is 584. The molecular weight excluding hydrogens is 347 g/mol. The lowest BCUT2D eigenvalue weighted by atomic mass is 9.98. The van der Waals surface area contributed by atoms with Crippen molar-refractivity contribution >= 4 is 22.6 Å². The molecule has 1 atom stereocenters. The van der Waals surface area contributed by atoms with Crippen LogP contribution in [0.4, 0.5) is 8.78 Å². The molecule has 94 valence electrons. The minimum Gasteiger partial charge on any atom is -0.320 e. The van der Waals surface area contributed by atoms with E-state index < -0.39 is 6.04 Å². The summed E-state index contributed by atoms with van der Waals surface area (Å²) < 4.78 is 27.3. The Kier molecular flexibility index (Phi) is 3.97. The number of rotatable bonds is 2. The number of aryl methyl sites for hydroxylation is 1. The third-order valence-corrected chi connectivity index (χ3v) is 3.79. The number of hydrogen-bond acceptors (Lipinski definition) is 1. The van der Waals surface area contributed by atoms with Crippen LogP contribution in [0.1, 0.15) is 22.7 Å². The van der Waals surface area contributed by atoms with Crippen molar-refractivity contribution in [3.8, 4) is 0 Å². The Morgan fingerprint density at radius 1 is 1.11 bits per heavy atom. The maximum absolute atomic E-state index is 13.5. The molecule has 0 aliphatic heterocycles. The molecule has 2 aromatic carbocycles. The van der Waals surface area contributed by atoms with Gasteiger partial charge < -0.3 is 5.73 Å². The van der Waals surface area contributed by atoms with Gasteiger partial charge in [-0.25, -0.2) is 8.78 Å². The lowest BCUT2D eigenvalue weighted by Crippen LogP contribution is -2.14. The highest BCUT2D eigenvalue weighted by Crippen LogP contribution is 2.26. The molecule has 0 aromatic heterocycles. The van der Waals surface area contributed by atoms with Crippen LogP contribution in [0.5, 0.6) is 0 Å². The van der Waals surface area contributed by atoms with E-state index in [2.05, 4.69) is 0 Å². The average Bonchev–Trinajstić information content (AvgIpc) is 2.32. The van der Waals surface area contributed by atoms with Crippen LogP contribution in [-0.4, -0.2) is 0 Å². The maximum Gasteiger partial charge on any atom is 0.126 e. The van der Waals surface area contributed by atoms with Gasteiger partial charge in [0.05, 0.1) is 6.04 Å². The summed E-state index contributed by atoms with van der Waals surface area (Å²) >= 11 is 2.03. The van der Waals surface area contributed by atoms with E-state index in [-0.39, 0.29) is 11.6 Å². The van der Waals surface area contributed by atoms with Crippen molar-refractivity contribution in [2.75, 3.05) is 0 Å². The number of benzene rings is 2. The molecule has 0 heterocycles. The second-order valence-electron chi connectivity index (χ2n) is 4.15. The van der Waals surface area contributed by atoms with Crippen molar-refractivity contribution in [2.45, 2.75) is 13.0 Å². The number of halogens is 3. The van der Waals surface area contributed by atoms with E-state index in [1.807, 2.05) is 22.6 Å². The molecule has 0 amide bonds. The third-order valence-electron chi connectivity index (χ3n) is 2.85. The van der Waals surface area contributed by atoms with E-state index in [1.165, 1.54) is 18.2 Å². The van der Waals surface area contributed by atoms with Gasteiger partial charge in [-0.3, -0.25) is 0 Å². The van der Waals surface area contributed by atoms with Crippen LogP contribution in [0.2, 0.25) is 0 Å². The third kappa shape index (κ3) is 2.70. The Morgan fingerprint density at radius 2 is 1.83 bits per heavy atom. The Hall–Kier alpha value is -1.01. The predicted octanol–water partition coefficient (Wildman–Crippen LogP) is 3.93. The summed E-state index contributed by atoms with van der Waals surface area (Å²) in [7, 11) is 0. The largest absolute Gasteiger partial charge is 0.320 e. The Balaban J connectivity index is 2.41. The Labute approximate surface area is 118 Å². The molecule has 0 fully saturated rings. The van der Waals surface area contributed by atoms with Gasteiger partial charge in [-0.15, -0.1) is 0 Å². The standard InChI is InChI=1S/C14H12F2IN/c1-8-2-3-9(6-12(8)16)14(18)11-5-4-10(15)7-13(11)17/h2-7,14H,18H2,1H3. The minimum absolute atomic E-state index is 0.278. The summed E-state index contributed by atoms with van der Waals surface area (Å²) in [5, 5.41) is 0. The molecule has 4 heteroatoms. The highest BCUT2D eigenvalue weighted by Gasteiger charge is 2.14. The van der Waals surface area contributed by atoms with E-state index in [1.54, 1.807) is 25.1 Å². The SMILES string of the molecule is Cc1ccc(C(N)c2ccc(F)cc2I)cc1F. The molecule has 2 rings (SSSR count). The number of nitrogens with two attached hydrogens (primary N) is 1. The molecular formula is C14H12F2IN. The summed E-state index contributed by atoms with van der Waals surface area (Å²) in [6.45, 7) is 1.70. The molecule has 0 saturated carbocycles. The van der Waals surface area contributed by atoms with E-state index >= 15 is 0 Å². The van der Waals surface area contributed by atoms with Crippen molar-refractivity contribution in [3.05, 3.63) is 68.3 Å². The van der Waals surface area contributed by atoms with Crippen LogP contribution in [0.15, 0.2) is 36.4 Å². The zero-order chi connectivity index (χ0) is 13.3. The molecule has 18 heavy (non-hydrogen) atoms. The van der Waals surface area contributed by atoms with Gasteiger partial charge in [-0.1, -0.05) is 18.2 Å². The first-order valence-corrected chi connectivity index (χ1v) is 6.53. The van der Waals surface area contributed by atoms with Gasteiger partial charge in [0.1, 0.15) is 11.6 Å². The molecule has 0 spiro atoms. The second kappa shape index (κ2) is 5.32.